The van der Waals surface area contributed by atoms with Gasteiger partial charge in [0.15, 0.2) is 0 Å². The van der Waals surface area contributed by atoms with Crippen LogP contribution in [0, 0.1) is 11.3 Å². The number of allylic oxidation sites excluding steroid dienone is 1. The lowest BCUT2D eigenvalue weighted by Gasteiger charge is -2.13. The molecule has 30 heavy (non-hydrogen) atoms. The van der Waals surface area contributed by atoms with Crippen LogP contribution in [0.5, 0.6) is 5.75 Å². The van der Waals surface area contributed by atoms with Gasteiger partial charge in [0.25, 0.3) is 0 Å². The molecule has 0 unspecified atom stereocenters. The van der Waals surface area contributed by atoms with E-state index in [4.69, 9.17) is 27.9 Å². The standard InChI is InChI=1S/C26H17Cl2NO/c27-22-10-5-18(6-11-22)17-30-26-14-9-20-3-1-2-4-24(20)25(26)15-21(16-29)19-7-12-23(28)13-8-19/h1-15H,17H2/b21-15+. The lowest BCUT2D eigenvalue weighted by Crippen LogP contribution is -1.98. The molecule has 0 fully saturated rings. The number of hydrogen-bond donors (Lipinski definition) is 0. The topological polar surface area (TPSA) is 33.0 Å². The fourth-order valence-electron chi connectivity index (χ4n) is 3.25. The Bertz CT molecular complexity index is 1250. The highest BCUT2D eigenvalue weighted by molar-refractivity contribution is 6.30. The van der Waals surface area contributed by atoms with E-state index in [0.29, 0.717) is 28.0 Å². The molecule has 0 aliphatic heterocycles. The predicted molar refractivity (Wildman–Crippen MR) is 125 cm³/mol. The Balaban J connectivity index is 1.77. The predicted octanol–water partition coefficient (Wildman–Crippen LogP) is 7.79. The zero-order valence-electron chi connectivity index (χ0n) is 16.0. The molecule has 4 rings (SSSR count). The summed E-state index contributed by atoms with van der Waals surface area (Å²) >= 11 is 12.0. The molecule has 4 heteroatoms. The molecule has 0 spiro atoms. The molecule has 4 aromatic carbocycles. The van der Waals surface area contributed by atoms with Gasteiger partial charge in [-0.3, -0.25) is 0 Å². The second kappa shape index (κ2) is 9.05. The first kappa shape index (κ1) is 20.0. The number of benzene rings is 4. The van der Waals surface area contributed by atoms with Crippen molar-refractivity contribution < 1.29 is 4.74 Å². The third-order valence-electron chi connectivity index (χ3n) is 4.80. The van der Waals surface area contributed by atoms with E-state index < -0.39 is 0 Å². The van der Waals surface area contributed by atoms with Crippen LogP contribution in [0.2, 0.25) is 10.0 Å². The molecule has 0 aromatic heterocycles. The van der Waals surface area contributed by atoms with Crippen molar-refractivity contribution in [2.45, 2.75) is 6.61 Å². The summed E-state index contributed by atoms with van der Waals surface area (Å²) in [5, 5.41) is 13.2. The van der Waals surface area contributed by atoms with Crippen LogP contribution in [-0.2, 0) is 6.61 Å². The number of halogens is 2. The number of rotatable bonds is 5. The Morgan fingerprint density at radius 2 is 1.50 bits per heavy atom. The van der Waals surface area contributed by atoms with E-state index in [1.165, 1.54) is 0 Å². The van der Waals surface area contributed by atoms with Gasteiger partial charge in [-0.2, -0.15) is 5.26 Å². The number of nitriles is 1. The molecule has 0 heterocycles. The van der Waals surface area contributed by atoms with Crippen molar-refractivity contribution in [3.63, 3.8) is 0 Å². The van der Waals surface area contributed by atoms with Crippen LogP contribution < -0.4 is 4.74 Å². The summed E-state index contributed by atoms with van der Waals surface area (Å²) in [6.07, 6.45) is 1.88. The number of ether oxygens (including phenoxy) is 1. The maximum absolute atomic E-state index is 9.80. The summed E-state index contributed by atoms with van der Waals surface area (Å²) in [5.41, 5.74) is 3.23. The van der Waals surface area contributed by atoms with Crippen LogP contribution in [-0.4, -0.2) is 0 Å². The average molecular weight is 430 g/mol. The first-order chi connectivity index (χ1) is 14.6. The molecule has 0 bridgehead atoms. The molecular weight excluding hydrogens is 413 g/mol. The molecule has 4 aromatic rings. The Morgan fingerprint density at radius 3 is 2.20 bits per heavy atom. The Hall–Kier alpha value is -3.25. The molecule has 0 amide bonds. The second-order valence-corrected chi connectivity index (χ2v) is 7.66. The fourth-order valence-corrected chi connectivity index (χ4v) is 3.50. The van der Waals surface area contributed by atoms with Crippen molar-refractivity contribution >= 4 is 45.6 Å². The molecule has 0 saturated heterocycles. The van der Waals surface area contributed by atoms with Crippen molar-refractivity contribution in [2.24, 2.45) is 0 Å². The van der Waals surface area contributed by atoms with Gasteiger partial charge in [0.2, 0.25) is 0 Å². The van der Waals surface area contributed by atoms with Crippen LogP contribution in [0.25, 0.3) is 22.4 Å². The third kappa shape index (κ3) is 4.49. The minimum atomic E-state index is 0.402. The minimum Gasteiger partial charge on any atom is -0.488 e. The molecule has 2 nitrogen and oxygen atoms in total. The Morgan fingerprint density at radius 1 is 0.833 bits per heavy atom. The highest BCUT2D eigenvalue weighted by Crippen LogP contribution is 2.32. The Kier molecular flexibility index (Phi) is 6.05. The summed E-state index contributed by atoms with van der Waals surface area (Å²) in [6.45, 7) is 0.402. The first-order valence-electron chi connectivity index (χ1n) is 9.41. The van der Waals surface area contributed by atoms with Gasteiger partial charge in [0, 0.05) is 15.6 Å². The second-order valence-electron chi connectivity index (χ2n) is 6.79. The SMILES string of the molecule is N#C/C(=C\c1c(OCc2ccc(Cl)cc2)ccc2ccccc12)c1ccc(Cl)cc1. The Labute approximate surface area is 185 Å². The molecule has 0 aliphatic rings. The number of nitrogens with zero attached hydrogens (tertiary/aromatic N) is 1. The van der Waals surface area contributed by atoms with E-state index >= 15 is 0 Å². The van der Waals surface area contributed by atoms with Gasteiger partial charge in [-0.25, -0.2) is 0 Å². The van der Waals surface area contributed by atoms with Crippen LogP contribution in [0.3, 0.4) is 0 Å². The monoisotopic (exact) mass is 429 g/mol. The lowest BCUT2D eigenvalue weighted by molar-refractivity contribution is 0.306. The van der Waals surface area contributed by atoms with Gasteiger partial charge in [0.1, 0.15) is 12.4 Å². The molecule has 146 valence electrons. The molecule has 0 radical (unpaired) electrons. The summed E-state index contributed by atoms with van der Waals surface area (Å²) in [6, 6.07) is 29.1. The van der Waals surface area contributed by atoms with E-state index in [9.17, 15) is 5.26 Å². The molecule has 0 saturated carbocycles. The zero-order chi connectivity index (χ0) is 20.9. The molecular formula is C26H17Cl2NO. The zero-order valence-corrected chi connectivity index (χ0v) is 17.5. The van der Waals surface area contributed by atoms with Gasteiger partial charge in [-0.1, -0.05) is 77.8 Å². The molecule has 0 aliphatic carbocycles. The van der Waals surface area contributed by atoms with E-state index in [1.54, 1.807) is 12.1 Å². The summed E-state index contributed by atoms with van der Waals surface area (Å²) < 4.78 is 6.15. The van der Waals surface area contributed by atoms with Crippen LogP contribution in [0.15, 0.2) is 84.9 Å². The third-order valence-corrected chi connectivity index (χ3v) is 5.31. The molecule has 0 N–H and O–H groups in total. The number of hydrogen-bond acceptors (Lipinski definition) is 2. The van der Waals surface area contributed by atoms with Crippen LogP contribution >= 0.6 is 23.2 Å². The van der Waals surface area contributed by atoms with Crippen molar-refractivity contribution in [1.29, 1.82) is 5.26 Å². The highest BCUT2D eigenvalue weighted by Gasteiger charge is 2.10. The van der Waals surface area contributed by atoms with Crippen molar-refractivity contribution in [3.05, 3.63) is 112 Å². The van der Waals surface area contributed by atoms with Crippen LogP contribution in [0.1, 0.15) is 16.7 Å². The summed E-state index contributed by atoms with van der Waals surface area (Å²) in [4.78, 5) is 0. The van der Waals surface area contributed by atoms with E-state index in [0.717, 1.165) is 27.5 Å². The summed E-state index contributed by atoms with van der Waals surface area (Å²) in [5.74, 6) is 0.713. The van der Waals surface area contributed by atoms with Gasteiger partial charge in [-0.05, 0) is 58.3 Å². The lowest BCUT2D eigenvalue weighted by atomic mass is 9.98. The molecule has 0 atom stereocenters. The normalized spacial score (nSPS) is 11.3. The van der Waals surface area contributed by atoms with Crippen molar-refractivity contribution in [2.75, 3.05) is 0 Å². The smallest absolute Gasteiger partial charge is 0.127 e. The van der Waals surface area contributed by atoms with Gasteiger partial charge < -0.3 is 4.74 Å². The number of fused-ring (bicyclic) bond motifs is 1. The largest absolute Gasteiger partial charge is 0.488 e. The van der Waals surface area contributed by atoms with E-state index in [1.807, 2.05) is 78.9 Å². The quantitative estimate of drug-likeness (QED) is 0.239. The maximum atomic E-state index is 9.80. The van der Waals surface area contributed by atoms with Gasteiger partial charge >= 0.3 is 0 Å². The highest BCUT2D eigenvalue weighted by atomic mass is 35.5. The van der Waals surface area contributed by atoms with Crippen molar-refractivity contribution in [3.8, 4) is 11.8 Å². The maximum Gasteiger partial charge on any atom is 0.127 e. The summed E-state index contributed by atoms with van der Waals surface area (Å²) in [7, 11) is 0. The minimum absolute atomic E-state index is 0.402. The van der Waals surface area contributed by atoms with E-state index in [2.05, 4.69) is 6.07 Å². The van der Waals surface area contributed by atoms with Crippen molar-refractivity contribution in [1.82, 2.24) is 0 Å². The van der Waals surface area contributed by atoms with Gasteiger partial charge in [0.05, 0.1) is 11.6 Å². The fraction of sp³-hybridized carbons (Fsp3) is 0.0385. The van der Waals surface area contributed by atoms with E-state index in [-0.39, 0.29) is 0 Å². The van der Waals surface area contributed by atoms with Gasteiger partial charge in [-0.15, -0.1) is 0 Å². The van der Waals surface area contributed by atoms with Crippen LogP contribution in [0.4, 0.5) is 0 Å². The average Bonchev–Trinajstić information content (AvgIpc) is 2.78. The first-order valence-corrected chi connectivity index (χ1v) is 10.2.